The first-order valence-electron chi connectivity index (χ1n) is 5.53. The predicted molar refractivity (Wildman–Crippen MR) is 68.0 cm³/mol. The molecule has 0 spiro atoms. The summed E-state index contributed by atoms with van der Waals surface area (Å²) in [6.45, 7) is 2.75. The quantitative estimate of drug-likeness (QED) is 0.813. The Morgan fingerprint density at radius 2 is 2.17 bits per heavy atom. The van der Waals surface area contributed by atoms with E-state index in [0.29, 0.717) is 25.5 Å². The van der Waals surface area contributed by atoms with Crippen molar-refractivity contribution in [2.45, 2.75) is 13.3 Å². The SMILES string of the molecule is CCOc1nc(Cl)nc(N(C)CCC(=O)NC)n1. The first-order chi connectivity index (χ1) is 8.56. The summed E-state index contributed by atoms with van der Waals surface area (Å²) in [5.74, 6) is 0.328. The number of hydrogen-bond acceptors (Lipinski definition) is 6. The van der Waals surface area contributed by atoms with Crippen molar-refractivity contribution in [1.29, 1.82) is 0 Å². The number of ether oxygens (including phenoxy) is 1. The molecule has 0 aliphatic heterocycles. The van der Waals surface area contributed by atoms with Crippen LogP contribution < -0.4 is 15.0 Å². The maximum Gasteiger partial charge on any atom is 0.322 e. The molecule has 100 valence electrons. The Labute approximate surface area is 111 Å². The van der Waals surface area contributed by atoms with E-state index in [9.17, 15) is 4.79 Å². The number of carbonyl (C=O) groups is 1. The molecule has 8 heteroatoms. The second-order valence-electron chi connectivity index (χ2n) is 3.46. The van der Waals surface area contributed by atoms with Gasteiger partial charge in [-0.1, -0.05) is 0 Å². The Morgan fingerprint density at radius 1 is 1.44 bits per heavy atom. The lowest BCUT2D eigenvalue weighted by molar-refractivity contribution is -0.120. The van der Waals surface area contributed by atoms with Crippen LogP contribution in [0.5, 0.6) is 6.01 Å². The maximum absolute atomic E-state index is 11.1. The molecule has 1 aromatic heterocycles. The number of amides is 1. The average molecular weight is 274 g/mol. The van der Waals surface area contributed by atoms with Crippen LogP contribution in [-0.4, -0.2) is 48.1 Å². The van der Waals surface area contributed by atoms with Crippen LogP contribution in [0.1, 0.15) is 13.3 Å². The topological polar surface area (TPSA) is 80.2 Å². The number of carbonyl (C=O) groups excluding carboxylic acids is 1. The summed E-state index contributed by atoms with van der Waals surface area (Å²) in [6.07, 6.45) is 0.347. The molecule has 0 fully saturated rings. The minimum atomic E-state index is -0.0490. The van der Waals surface area contributed by atoms with Crippen LogP contribution in [0.4, 0.5) is 5.95 Å². The lowest BCUT2D eigenvalue weighted by atomic mass is 10.4. The van der Waals surface area contributed by atoms with Crippen LogP contribution >= 0.6 is 11.6 Å². The molecule has 7 nitrogen and oxygen atoms in total. The van der Waals surface area contributed by atoms with E-state index >= 15 is 0 Å². The van der Waals surface area contributed by atoms with Crippen molar-refractivity contribution in [3.63, 3.8) is 0 Å². The number of nitrogens with zero attached hydrogens (tertiary/aromatic N) is 4. The van der Waals surface area contributed by atoms with Crippen molar-refractivity contribution in [2.75, 3.05) is 32.1 Å². The fraction of sp³-hybridized carbons (Fsp3) is 0.600. The van der Waals surface area contributed by atoms with Gasteiger partial charge in [0, 0.05) is 27.1 Å². The van der Waals surface area contributed by atoms with E-state index < -0.39 is 0 Å². The molecule has 0 aliphatic carbocycles. The van der Waals surface area contributed by atoms with Crippen molar-refractivity contribution in [2.24, 2.45) is 0 Å². The molecule has 1 N–H and O–H groups in total. The molecule has 0 aromatic carbocycles. The van der Waals surface area contributed by atoms with E-state index in [-0.39, 0.29) is 17.2 Å². The van der Waals surface area contributed by atoms with E-state index in [2.05, 4.69) is 20.3 Å². The van der Waals surface area contributed by atoms with Gasteiger partial charge in [-0.3, -0.25) is 4.79 Å². The van der Waals surface area contributed by atoms with E-state index in [1.165, 1.54) is 0 Å². The normalized spacial score (nSPS) is 10.0. The molecule has 1 heterocycles. The third-order valence-electron chi connectivity index (χ3n) is 2.14. The number of hydrogen-bond donors (Lipinski definition) is 1. The zero-order valence-corrected chi connectivity index (χ0v) is 11.4. The average Bonchev–Trinajstić information content (AvgIpc) is 2.35. The number of aromatic nitrogens is 3. The molecule has 0 saturated carbocycles. The van der Waals surface area contributed by atoms with E-state index in [1.54, 1.807) is 19.0 Å². The smallest absolute Gasteiger partial charge is 0.322 e. The molecule has 1 rings (SSSR count). The van der Waals surface area contributed by atoms with Crippen molar-refractivity contribution >= 4 is 23.5 Å². The maximum atomic E-state index is 11.1. The van der Waals surface area contributed by atoms with Crippen molar-refractivity contribution in [3.05, 3.63) is 5.28 Å². The summed E-state index contributed by atoms with van der Waals surface area (Å²) in [6, 6.07) is 0.180. The zero-order valence-electron chi connectivity index (χ0n) is 10.6. The van der Waals surface area contributed by atoms with Crippen molar-refractivity contribution in [1.82, 2.24) is 20.3 Å². The van der Waals surface area contributed by atoms with Gasteiger partial charge in [0.15, 0.2) is 0 Å². The van der Waals surface area contributed by atoms with Gasteiger partial charge in [0.05, 0.1) is 6.61 Å². The Balaban J connectivity index is 2.72. The standard InChI is InChI=1S/C10H16ClN5O2/c1-4-18-10-14-8(11)13-9(15-10)16(3)6-5-7(17)12-2/h4-6H2,1-3H3,(H,12,17). The van der Waals surface area contributed by atoms with Gasteiger partial charge in [-0.2, -0.15) is 15.0 Å². The molecule has 0 aliphatic rings. The summed E-state index contributed by atoms with van der Waals surface area (Å²) in [7, 11) is 3.36. The van der Waals surface area contributed by atoms with Crippen LogP contribution in [0, 0.1) is 0 Å². The Hall–Kier alpha value is -1.63. The first-order valence-corrected chi connectivity index (χ1v) is 5.90. The van der Waals surface area contributed by atoms with Crippen LogP contribution in [0.3, 0.4) is 0 Å². The summed E-state index contributed by atoms with van der Waals surface area (Å²) in [4.78, 5) is 24.8. The predicted octanol–water partition coefficient (Wildman–Crippen LogP) is 0.496. The summed E-state index contributed by atoms with van der Waals surface area (Å²) >= 11 is 5.77. The summed E-state index contributed by atoms with van der Waals surface area (Å²) in [5, 5.41) is 2.61. The van der Waals surface area contributed by atoms with Gasteiger partial charge in [0.25, 0.3) is 0 Å². The Morgan fingerprint density at radius 3 is 2.78 bits per heavy atom. The molecule has 0 unspecified atom stereocenters. The van der Waals surface area contributed by atoms with Gasteiger partial charge >= 0.3 is 6.01 Å². The molecular formula is C10H16ClN5O2. The third kappa shape index (κ3) is 4.33. The third-order valence-corrected chi connectivity index (χ3v) is 2.31. The number of nitrogens with one attached hydrogen (secondary N) is 1. The van der Waals surface area contributed by atoms with Crippen LogP contribution in [-0.2, 0) is 4.79 Å². The van der Waals surface area contributed by atoms with Crippen molar-refractivity contribution < 1.29 is 9.53 Å². The van der Waals surface area contributed by atoms with Crippen LogP contribution in [0.15, 0.2) is 0 Å². The van der Waals surface area contributed by atoms with E-state index in [4.69, 9.17) is 16.3 Å². The molecule has 0 bridgehead atoms. The highest BCUT2D eigenvalue weighted by molar-refractivity contribution is 6.28. The number of rotatable bonds is 6. The Bertz CT molecular complexity index is 415. The first kappa shape index (κ1) is 14.4. The number of anilines is 1. The molecule has 1 amide bonds. The highest BCUT2D eigenvalue weighted by atomic mass is 35.5. The molecule has 0 radical (unpaired) electrons. The van der Waals surface area contributed by atoms with Crippen LogP contribution in [0.2, 0.25) is 5.28 Å². The molecule has 18 heavy (non-hydrogen) atoms. The highest BCUT2D eigenvalue weighted by Gasteiger charge is 2.11. The highest BCUT2D eigenvalue weighted by Crippen LogP contribution is 2.14. The minimum absolute atomic E-state index is 0.0490. The molecular weight excluding hydrogens is 258 g/mol. The summed E-state index contributed by atoms with van der Waals surface area (Å²) in [5.41, 5.74) is 0. The second-order valence-corrected chi connectivity index (χ2v) is 3.80. The van der Waals surface area contributed by atoms with Gasteiger partial charge in [0.1, 0.15) is 0 Å². The van der Waals surface area contributed by atoms with Crippen molar-refractivity contribution in [3.8, 4) is 6.01 Å². The fourth-order valence-corrected chi connectivity index (χ4v) is 1.33. The second kappa shape index (κ2) is 6.95. The molecule has 0 saturated heterocycles. The largest absolute Gasteiger partial charge is 0.464 e. The van der Waals surface area contributed by atoms with Gasteiger partial charge in [0.2, 0.25) is 17.1 Å². The molecule has 1 aromatic rings. The lowest BCUT2D eigenvalue weighted by Crippen LogP contribution is -2.27. The Kier molecular flexibility index (Phi) is 5.57. The zero-order chi connectivity index (χ0) is 13.5. The molecule has 0 atom stereocenters. The lowest BCUT2D eigenvalue weighted by Gasteiger charge is -2.16. The monoisotopic (exact) mass is 273 g/mol. The van der Waals surface area contributed by atoms with E-state index in [0.717, 1.165) is 0 Å². The fourth-order valence-electron chi connectivity index (χ4n) is 1.18. The van der Waals surface area contributed by atoms with Gasteiger partial charge in [-0.25, -0.2) is 0 Å². The van der Waals surface area contributed by atoms with E-state index in [1.807, 2.05) is 6.92 Å². The van der Waals surface area contributed by atoms with Crippen LogP contribution in [0.25, 0.3) is 0 Å². The number of halogens is 1. The van der Waals surface area contributed by atoms with Gasteiger partial charge in [-0.15, -0.1) is 0 Å². The summed E-state index contributed by atoms with van der Waals surface area (Å²) < 4.78 is 5.17. The van der Waals surface area contributed by atoms with Gasteiger partial charge < -0.3 is 15.0 Å². The minimum Gasteiger partial charge on any atom is -0.464 e. The van der Waals surface area contributed by atoms with Gasteiger partial charge in [-0.05, 0) is 18.5 Å².